The van der Waals surface area contributed by atoms with Crippen molar-refractivity contribution >= 4 is 21.9 Å². The first-order valence-electron chi connectivity index (χ1n) is 6.17. The number of benzene rings is 2. The van der Waals surface area contributed by atoms with Gasteiger partial charge in [0.05, 0.1) is 10.4 Å². The molecule has 0 spiro atoms. The Morgan fingerprint density at radius 1 is 1.11 bits per heavy atom. The van der Waals surface area contributed by atoms with Gasteiger partial charge >= 0.3 is 5.97 Å². The molecule has 2 aromatic rings. The summed E-state index contributed by atoms with van der Waals surface area (Å²) < 4.78 is 5.58. The van der Waals surface area contributed by atoms with Crippen LogP contribution in [0.2, 0.25) is 0 Å². The lowest BCUT2D eigenvalue weighted by molar-refractivity contribution is 0.0249. The number of cyclic esters (lactones) is 1. The van der Waals surface area contributed by atoms with Gasteiger partial charge in [0, 0.05) is 0 Å². The van der Waals surface area contributed by atoms with E-state index < -0.39 is 0 Å². The van der Waals surface area contributed by atoms with E-state index in [0.717, 1.165) is 16.7 Å². The first-order valence-corrected chi connectivity index (χ1v) is 7.09. The Bertz CT molecular complexity index is 636. The van der Waals surface area contributed by atoms with Gasteiger partial charge in [0.1, 0.15) is 6.10 Å². The summed E-state index contributed by atoms with van der Waals surface area (Å²) in [6.45, 7) is 2.03. The number of hydrogen-bond acceptors (Lipinski definition) is 2. The molecule has 96 valence electrons. The number of ether oxygens (including phenoxy) is 1. The fraction of sp³-hybridized carbons (Fsp3) is 0.188. The number of carbonyl (C=O) groups is 1. The Morgan fingerprint density at radius 3 is 2.68 bits per heavy atom. The SMILES string of the molecule is Cc1cccc([C@@H]2OC(=O)c3ccccc3[C@H]2Br)c1. The molecule has 3 heteroatoms. The van der Waals surface area contributed by atoms with Crippen molar-refractivity contribution < 1.29 is 9.53 Å². The molecule has 2 atom stereocenters. The molecule has 2 nitrogen and oxygen atoms in total. The summed E-state index contributed by atoms with van der Waals surface area (Å²) in [5.74, 6) is -0.252. The summed E-state index contributed by atoms with van der Waals surface area (Å²) in [4.78, 5) is 12.0. The maximum atomic E-state index is 12.1. The predicted molar refractivity (Wildman–Crippen MR) is 77.4 cm³/mol. The van der Waals surface area contributed by atoms with Crippen molar-refractivity contribution in [3.05, 3.63) is 70.8 Å². The van der Waals surface area contributed by atoms with Gasteiger partial charge in [0.15, 0.2) is 0 Å². The average molecular weight is 317 g/mol. The van der Waals surface area contributed by atoms with Crippen LogP contribution in [0, 0.1) is 6.92 Å². The van der Waals surface area contributed by atoms with E-state index in [1.54, 1.807) is 6.07 Å². The summed E-state index contributed by atoms with van der Waals surface area (Å²) in [7, 11) is 0. The standard InChI is InChI=1S/C16H13BrO2/c1-10-5-4-6-11(9-10)15-14(17)12-7-2-3-8-13(12)16(18)19-15/h2-9,14-15H,1H3/t14-,15+/m1/s1. The summed E-state index contributed by atoms with van der Waals surface area (Å²) in [6, 6.07) is 15.6. The van der Waals surface area contributed by atoms with E-state index in [0.29, 0.717) is 5.56 Å². The highest BCUT2D eigenvalue weighted by Crippen LogP contribution is 2.44. The third kappa shape index (κ3) is 2.19. The van der Waals surface area contributed by atoms with Crippen LogP contribution in [0.5, 0.6) is 0 Å². The summed E-state index contributed by atoms with van der Waals surface area (Å²) in [6.07, 6.45) is -0.276. The number of alkyl halides is 1. The first-order chi connectivity index (χ1) is 9.16. The van der Waals surface area contributed by atoms with Crippen molar-refractivity contribution in [2.24, 2.45) is 0 Å². The van der Waals surface area contributed by atoms with E-state index in [9.17, 15) is 4.79 Å². The van der Waals surface area contributed by atoms with E-state index in [2.05, 4.69) is 22.0 Å². The van der Waals surface area contributed by atoms with Crippen LogP contribution in [0.15, 0.2) is 48.5 Å². The number of aryl methyl sites for hydroxylation is 1. The van der Waals surface area contributed by atoms with Crippen molar-refractivity contribution in [2.75, 3.05) is 0 Å². The first kappa shape index (κ1) is 12.4. The van der Waals surface area contributed by atoms with Crippen LogP contribution in [-0.2, 0) is 4.74 Å². The van der Waals surface area contributed by atoms with Crippen molar-refractivity contribution in [2.45, 2.75) is 17.9 Å². The molecule has 0 saturated heterocycles. The third-order valence-electron chi connectivity index (χ3n) is 3.35. The van der Waals surface area contributed by atoms with Gasteiger partial charge in [0.2, 0.25) is 0 Å². The number of rotatable bonds is 1. The van der Waals surface area contributed by atoms with Crippen LogP contribution in [0.1, 0.15) is 38.0 Å². The molecule has 0 fully saturated rings. The Kier molecular flexibility index (Phi) is 3.15. The van der Waals surface area contributed by atoms with Crippen LogP contribution in [-0.4, -0.2) is 5.97 Å². The lowest BCUT2D eigenvalue weighted by atomic mass is 9.94. The lowest BCUT2D eigenvalue weighted by Crippen LogP contribution is -2.23. The normalized spacial score (nSPS) is 21.7. The highest BCUT2D eigenvalue weighted by atomic mass is 79.9. The fourth-order valence-electron chi connectivity index (χ4n) is 2.41. The number of halogens is 1. The summed E-state index contributed by atoms with van der Waals surface area (Å²) in [5, 5.41) is 0. The number of fused-ring (bicyclic) bond motifs is 1. The average Bonchev–Trinajstić information content (AvgIpc) is 2.43. The van der Waals surface area contributed by atoms with Crippen LogP contribution in [0.25, 0.3) is 0 Å². The minimum atomic E-state index is -0.276. The maximum Gasteiger partial charge on any atom is 0.339 e. The van der Waals surface area contributed by atoms with Gasteiger partial charge < -0.3 is 4.74 Å². The molecule has 0 radical (unpaired) electrons. The molecule has 0 saturated carbocycles. The highest BCUT2D eigenvalue weighted by molar-refractivity contribution is 9.09. The predicted octanol–water partition coefficient (Wildman–Crippen LogP) is 4.34. The molecule has 0 bridgehead atoms. The molecule has 19 heavy (non-hydrogen) atoms. The topological polar surface area (TPSA) is 26.3 Å². The smallest absolute Gasteiger partial charge is 0.339 e. The van der Waals surface area contributed by atoms with Crippen LogP contribution < -0.4 is 0 Å². The van der Waals surface area contributed by atoms with E-state index in [1.807, 2.05) is 43.3 Å². The molecule has 0 N–H and O–H groups in total. The second-order valence-electron chi connectivity index (χ2n) is 4.73. The molecule has 0 aliphatic carbocycles. The number of carbonyl (C=O) groups excluding carboxylic acids is 1. The van der Waals surface area contributed by atoms with E-state index in [-0.39, 0.29) is 16.9 Å². The molecule has 0 aromatic heterocycles. The van der Waals surface area contributed by atoms with Crippen molar-refractivity contribution in [1.29, 1.82) is 0 Å². The number of esters is 1. The number of hydrogen-bond donors (Lipinski definition) is 0. The summed E-state index contributed by atoms with van der Waals surface area (Å²) in [5.41, 5.74) is 3.82. The zero-order valence-corrected chi connectivity index (χ0v) is 12.1. The largest absolute Gasteiger partial charge is 0.452 e. The van der Waals surface area contributed by atoms with E-state index in [4.69, 9.17) is 4.74 Å². The van der Waals surface area contributed by atoms with E-state index in [1.165, 1.54) is 0 Å². The quantitative estimate of drug-likeness (QED) is 0.577. The maximum absolute atomic E-state index is 12.1. The Labute approximate surface area is 120 Å². The second-order valence-corrected chi connectivity index (χ2v) is 5.72. The molecule has 0 amide bonds. The van der Waals surface area contributed by atoms with Crippen molar-refractivity contribution in [3.8, 4) is 0 Å². The molecular formula is C16H13BrO2. The van der Waals surface area contributed by atoms with Crippen LogP contribution in [0.4, 0.5) is 0 Å². The fourth-order valence-corrected chi connectivity index (χ4v) is 3.22. The monoisotopic (exact) mass is 316 g/mol. The molecule has 0 unspecified atom stereocenters. The molecular weight excluding hydrogens is 304 g/mol. The van der Waals surface area contributed by atoms with Crippen molar-refractivity contribution in [1.82, 2.24) is 0 Å². The molecule has 1 aliphatic heterocycles. The molecule has 3 rings (SSSR count). The molecule has 1 aliphatic rings. The van der Waals surface area contributed by atoms with Crippen LogP contribution >= 0.6 is 15.9 Å². The Morgan fingerprint density at radius 2 is 1.89 bits per heavy atom. The molecule has 1 heterocycles. The highest BCUT2D eigenvalue weighted by Gasteiger charge is 2.34. The van der Waals surface area contributed by atoms with Gasteiger partial charge in [-0.3, -0.25) is 0 Å². The zero-order valence-electron chi connectivity index (χ0n) is 10.5. The van der Waals surface area contributed by atoms with Gasteiger partial charge in [-0.05, 0) is 24.1 Å². The van der Waals surface area contributed by atoms with Gasteiger partial charge in [-0.15, -0.1) is 0 Å². The van der Waals surface area contributed by atoms with Gasteiger partial charge in [0.25, 0.3) is 0 Å². The Hall–Kier alpha value is -1.61. The minimum Gasteiger partial charge on any atom is -0.452 e. The van der Waals surface area contributed by atoms with Crippen LogP contribution in [0.3, 0.4) is 0 Å². The van der Waals surface area contributed by atoms with Crippen molar-refractivity contribution in [3.63, 3.8) is 0 Å². The molecule has 2 aromatic carbocycles. The Balaban J connectivity index is 2.05. The van der Waals surface area contributed by atoms with E-state index >= 15 is 0 Å². The second kappa shape index (κ2) is 4.82. The minimum absolute atomic E-state index is 0.0109. The van der Waals surface area contributed by atoms with Gasteiger partial charge in [-0.2, -0.15) is 0 Å². The lowest BCUT2D eigenvalue weighted by Gasteiger charge is -2.29. The van der Waals surface area contributed by atoms with Gasteiger partial charge in [-0.1, -0.05) is 64.0 Å². The van der Waals surface area contributed by atoms with Gasteiger partial charge in [-0.25, -0.2) is 4.79 Å². The third-order valence-corrected chi connectivity index (χ3v) is 4.32. The zero-order chi connectivity index (χ0) is 13.4. The summed E-state index contributed by atoms with van der Waals surface area (Å²) >= 11 is 3.67.